The number of halogens is 1. The Morgan fingerprint density at radius 3 is 2.58 bits per heavy atom. The van der Waals surface area contributed by atoms with E-state index < -0.39 is 0 Å². The molecule has 2 aromatic carbocycles. The average Bonchev–Trinajstić information content (AvgIpc) is 2.43. The van der Waals surface area contributed by atoms with Gasteiger partial charge in [-0.2, -0.15) is 0 Å². The first-order valence-electron chi connectivity index (χ1n) is 6.27. The smallest absolute Gasteiger partial charge is 0.0748 e. The molecule has 1 unspecified atom stereocenters. The van der Waals surface area contributed by atoms with Crippen LogP contribution in [0.3, 0.4) is 0 Å². The van der Waals surface area contributed by atoms with Crippen LogP contribution in [-0.2, 0) is 4.74 Å². The molecule has 0 bridgehead atoms. The summed E-state index contributed by atoms with van der Waals surface area (Å²) >= 11 is 6.22. The third-order valence-electron chi connectivity index (χ3n) is 2.99. The molecule has 0 fully saturated rings. The third-order valence-corrected chi connectivity index (χ3v) is 3.32. The molecule has 2 aromatic rings. The van der Waals surface area contributed by atoms with Gasteiger partial charge in [0.1, 0.15) is 0 Å². The number of ether oxygens (including phenoxy) is 1. The van der Waals surface area contributed by atoms with Gasteiger partial charge in [0.2, 0.25) is 0 Å². The summed E-state index contributed by atoms with van der Waals surface area (Å²) in [6, 6.07) is 16.3. The van der Waals surface area contributed by atoms with Gasteiger partial charge < -0.3 is 10.1 Å². The fraction of sp³-hybridized carbons (Fsp3) is 0.250. The molecule has 0 aromatic heterocycles. The number of methoxy groups -OCH3 is 1. The number of benzene rings is 2. The predicted octanol–water partition coefficient (Wildman–Crippen LogP) is 4.45. The molecule has 0 aliphatic carbocycles. The number of rotatable bonds is 5. The zero-order valence-electron chi connectivity index (χ0n) is 11.2. The van der Waals surface area contributed by atoms with Gasteiger partial charge in [0.25, 0.3) is 0 Å². The highest BCUT2D eigenvalue weighted by atomic mass is 35.5. The first kappa shape index (κ1) is 13.9. The molecule has 19 heavy (non-hydrogen) atoms. The fourth-order valence-corrected chi connectivity index (χ4v) is 2.18. The lowest BCUT2D eigenvalue weighted by atomic mass is 10.1. The van der Waals surface area contributed by atoms with Crippen LogP contribution in [0.5, 0.6) is 0 Å². The fourth-order valence-electron chi connectivity index (χ4n) is 2.01. The van der Waals surface area contributed by atoms with Crippen LogP contribution in [0.2, 0.25) is 5.02 Å². The van der Waals surface area contributed by atoms with Crippen molar-refractivity contribution in [3.63, 3.8) is 0 Å². The average molecular weight is 276 g/mol. The van der Waals surface area contributed by atoms with Crippen LogP contribution in [0.4, 0.5) is 5.69 Å². The van der Waals surface area contributed by atoms with E-state index in [1.54, 1.807) is 7.11 Å². The van der Waals surface area contributed by atoms with Crippen molar-refractivity contribution in [3.8, 4) is 0 Å². The molecule has 2 nitrogen and oxygen atoms in total. The summed E-state index contributed by atoms with van der Waals surface area (Å²) in [6.07, 6.45) is 0. The van der Waals surface area contributed by atoms with Gasteiger partial charge in [-0.1, -0.05) is 48.0 Å². The van der Waals surface area contributed by atoms with Crippen molar-refractivity contribution in [1.82, 2.24) is 0 Å². The van der Waals surface area contributed by atoms with Crippen molar-refractivity contribution in [2.45, 2.75) is 13.0 Å². The van der Waals surface area contributed by atoms with E-state index >= 15 is 0 Å². The van der Waals surface area contributed by atoms with Gasteiger partial charge in [-0.25, -0.2) is 0 Å². The second-order valence-electron chi connectivity index (χ2n) is 4.55. The molecule has 0 spiro atoms. The molecule has 100 valence electrons. The lowest BCUT2D eigenvalue weighted by Gasteiger charge is -2.20. The normalized spacial score (nSPS) is 12.2. The van der Waals surface area contributed by atoms with Gasteiger partial charge in [-0.15, -0.1) is 0 Å². The van der Waals surface area contributed by atoms with E-state index in [-0.39, 0.29) is 6.04 Å². The van der Waals surface area contributed by atoms with Gasteiger partial charge >= 0.3 is 0 Å². The minimum Gasteiger partial charge on any atom is -0.382 e. The van der Waals surface area contributed by atoms with Crippen LogP contribution < -0.4 is 5.32 Å². The Morgan fingerprint density at radius 1 is 1.16 bits per heavy atom. The highest BCUT2D eigenvalue weighted by Crippen LogP contribution is 2.27. The maximum atomic E-state index is 6.22. The summed E-state index contributed by atoms with van der Waals surface area (Å²) < 4.78 is 5.30. The number of hydrogen-bond acceptors (Lipinski definition) is 2. The molecular weight excluding hydrogens is 258 g/mol. The molecule has 3 heteroatoms. The van der Waals surface area contributed by atoms with Crippen LogP contribution in [0.1, 0.15) is 17.2 Å². The van der Waals surface area contributed by atoms with Gasteiger partial charge in [-0.05, 0) is 30.2 Å². The molecule has 2 rings (SSSR count). The van der Waals surface area contributed by atoms with Crippen molar-refractivity contribution in [1.29, 1.82) is 0 Å². The quantitative estimate of drug-likeness (QED) is 0.870. The van der Waals surface area contributed by atoms with Gasteiger partial charge in [-0.3, -0.25) is 0 Å². The van der Waals surface area contributed by atoms with Crippen LogP contribution in [0.25, 0.3) is 0 Å². The lowest BCUT2D eigenvalue weighted by molar-refractivity contribution is 0.186. The van der Waals surface area contributed by atoms with Gasteiger partial charge in [0.05, 0.1) is 23.4 Å². The topological polar surface area (TPSA) is 21.3 Å². The van der Waals surface area contributed by atoms with E-state index in [9.17, 15) is 0 Å². The van der Waals surface area contributed by atoms with Crippen LogP contribution >= 0.6 is 11.6 Å². The summed E-state index contributed by atoms with van der Waals surface area (Å²) in [5, 5.41) is 4.17. The molecule has 0 aliphatic rings. The summed E-state index contributed by atoms with van der Waals surface area (Å²) in [7, 11) is 1.70. The largest absolute Gasteiger partial charge is 0.382 e. The Bertz CT molecular complexity index is 528. The minimum absolute atomic E-state index is 0.0884. The number of hydrogen-bond donors (Lipinski definition) is 1. The summed E-state index contributed by atoms with van der Waals surface area (Å²) in [5.74, 6) is 0. The Kier molecular flexibility index (Phi) is 4.83. The zero-order chi connectivity index (χ0) is 13.7. The zero-order valence-corrected chi connectivity index (χ0v) is 11.9. The standard InChI is InChI=1S/C16H18ClNO/c1-12-8-9-14(17)15(10-12)18-16(11-19-2)13-6-4-3-5-7-13/h3-10,16,18H,11H2,1-2H3. The Labute approximate surface area is 119 Å². The monoisotopic (exact) mass is 275 g/mol. The first-order chi connectivity index (χ1) is 9.20. The predicted molar refractivity (Wildman–Crippen MR) is 80.9 cm³/mol. The lowest BCUT2D eigenvalue weighted by Crippen LogP contribution is -2.16. The van der Waals surface area contributed by atoms with E-state index in [2.05, 4.69) is 24.4 Å². The van der Waals surface area contributed by atoms with Crippen molar-refractivity contribution in [3.05, 3.63) is 64.7 Å². The van der Waals surface area contributed by atoms with Gasteiger partial charge in [0.15, 0.2) is 0 Å². The third kappa shape index (κ3) is 3.72. The van der Waals surface area contributed by atoms with Crippen LogP contribution in [0.15, 0.2) is 48.5 Å². The maximum absolute atomic E-state index is 6.22. The summed E-state index contributed by atoms with van der Waals surface area (Å²) in [6.45, 7) is 2.64. The summed E-state index contributed by atoms with van der Waals surface area (Å²) in [4.78, 5) is 0. The molecule has 0 amide bonds. The molecule has 1 N–H and O–H groups in total. The number of aryl methyl sites for hydroxylation is 1. The van der Waals surface area contributed by atoms with Crippen molar-refractivity contribution < 1.29 is 4.74 Å². The number of anilines is 1. The SMILES string of the molecule is COCC(Nc1cc(C)ccc1Cl)c1ccccc1. The molecule has 0 saturated carbocycles. The molecule has 1 atom stereocenters. The molecule has 0 radical (unpaired) electrons. The first-order valence-corrected chi connectivity index (χ1v) is 6.65. The Hall–Kier alpha value is -1.51. The van der Waals surface area contributed by atoms with E-state index in [0.29, 0.717) is 6.61 Å². The van der Waals surface area contributed by atoms with E-state index in [1.165, 1.54) is 11.1 Å². The second-order valence-corrected chi connectivity index (χ2v) is 4.95. The second kappa shape index (κ2) is 6.60. The molecule has 0 aliphatic heterocycles. The van der Waals surface area contributed by atoms with Crippen molar-refractivity contribution in [2.75, 3.05) is 19.0 Å². The number of nitrogens with one attached hydrogen (secondary N) is 1. The Morgan fingerprint density at radius 2 is 1.89 bits per heavy atom. The van der Waals surface area contributed by atoms with Crippen LogP contribution in [0, 0.1) is 6.92 Å². The highest BCUT2D eigenvalue weighted by Gasteiger charge is 2.12. The summed E-state index contributed by atoms with van der Waals surface area (Å²) in [5.41, 5.74) is 3.30. The Balaban J connectivity index is 2.24. The van der Waals surface area contributed by atoms with E-state index in [1.807, 2.05) is 36.4 Å². The van der Waals surface area contributed by atoms with E-state index in [4.69, 9.17) is 16.3 Å². The van der Waals surface area contributed by atoms with Crippen molar-refractivity contribution >= 4 is 17.3 Å². The molecule has 0 saturated heterocycles. The molecular formula is C16H18ClNO. The molecule has 0 heterocycles. The maximum Gasteiger partial charge on any atom is 0.0748 e. The van der Waals surface area contributed by atoms with E-state index in [0.717, 1.165) is 10.7 Å². The van der Waals surface area contributed by atoms with Gasteiger partial charge in [0, 0.05) is 7.11 Å². The highest BCUT2D eigenvalue weighted by molar-refractivity contribution is 6.33. The minimum atomic E-state index is 0.0884. The van der Waals surface area contributed by atoms with Crippen molar-refractivity contribution in [2.24, 2.45) is 0 Å². The van der Waals surface area contributed by atoms with Crippen LogP contribution in [-0.4, -0.2) is 13.7 Å².